The molecule has 1 aromatic rings. The molecule has 0 saturated heterocycles. The van der Waals surface area contributed by atoms with Crippen molar-refractivity contribution in [3.8, 4) is 5.75 Å². The number of ether oxygens (including phenoxy) is 1. The zero-order chi connectivity index (χ0) is 12.3. The Morgan fingerprint density at radius 3 is 2.50 bits per heavy atom. The highest BCUT2D eigenvalue weighted by Crippen LogP contribution is 2.33. The lowest BCUT2D eigenvalue weighted by molar-refractivity contribution is 0.294. The van der Waals surface area contributed by atoms with Gasteiger partial charge in [-0.1, -0.05) is 11.6 Å². The van der Waals surface area contributed by atoms with Crippen LogP contribution >= 0.6 is 11.6 Å². The number of rotatable bonds is 4. The molecule has 0 fully saturated rings. The van der Waals surface area contributed by atoms with Crippen LogP contribution in [0.4, 0.5) is 0 Å². The summed E-state index contributed by atoms with van der Waals surface area (Å²) in [7, 11) is 5.66. The molecule has 0 aliphatic rings. The van der Waals surface area contributed by atoms with Crippen LogP contribution in [0.25, 0.3) is 0 Å². The van der Waals surface area contributed by atoms with Gasteiger partial charge in [-0.25, -0.2) is 0 Å². The van der Waals surface area contributed by atoms with Crippen LogP contribution in [0.2, 0.25) is 5.02 Å². The maximum Gasteiger partial charge on any atom is 0.126 e. The molecule has 0 aliphatic heterocycles. The summed E-state index contributed by atoms with van der Waals surface area (Å²) in [6, 6.07) is 3.94. The number of nitrogens with zero attached hydrogens (tertiary/aromatic N) is 1. The largest absolute Gasteiger partial charge is 0.496 e. The normalized spacial score (nSPS) is 12.9. The van der Waals surface area contributed by atoms with Crippen LogP contribution in [0, 0.1) is 6.92 Å². The van der Waals surface area contributed by atoms with E-state index in [0.29, 0.717) is 11.6 Å². The van der Waals surface area contributed by atoms with Crippen LogP contribution in [0.15, 0.2) is 12.1 Å². The first-order valence-electron chi connectivity index (χ1n) is 5.21. The summed E-state index contributed by atoms with van der Waals surface area (Å²) in [6.45, 7) is 2.51. The van der Waals surface area contributed by atoms with E-state index in [2.05, 4.69) is 4.90 Å². The zero-order valence-electron chi connectivity index (χ0n) is 10.2. The summed E-state index contributed by atoms with van der Waals surface area (Å²) in [6.07, 6.45) is 0. The summed E-state index contributed by atoms with van der Waals surface area (Å²) in [4.78, 5) is 2.06. The molecule has 1 unspecified atom stereocenters. The first-order chi connectivity index (χ1) is 7.51. The Hall–Kier alpha value is -0.770. The molecule has 1 rings (SSSR count). The SMILES string of the molecule is COc1c(C)cc(Cl)cc1C(CN)N(C)C. The molecule has 2 N–H and O–H groups in total. The number of benzene rings is 1. The fourth-order valence-corrected chi connectivity index (χ4v) is 2.18. The fraction of sp³-hybridized carbons (Fsp3) is 0.500. The Balaban J connectivity index is 3.29. The molecule has 16 heavy (non-hydrogen) atoms. The number of hydrogen-bond donors (Lipinski definition) is 1. The lowest BCUT2D eigenvalue weighted by atomic mass is 10.0. The molecular weight excluding hydrogens is 224 g/mol. The van der Waals surface area contributed by atoms with Gasteiger partial charge in [-0.2, -0.15) is 0 Å². The molecule has 90 valence electrons. The number of likely N-dealkylation sites (N-methyl/N-ethyl adjacent to an activating group) is 1. The quantitative estimate of drug-likeness (QED) is 0.880. The van der Waals surface area contributed by atoms with Gasteiger partial charge in [-0.3, -0.25) is 0 Å². The molecule has 3 nitrogen and oxygen atoms in total. The van der Waals surface area contributed by atoms with E-state index in [1.165, 1.54) is 0 Å². The van der Waals surface area contributed by atoms with E-state index in [1.807, 2.05) is 33.2 Å². The fourth-order valence-electron chi connectivity index (χ4n) is 1.90. The average Bonchev–Trinajstić information content (AvgIpc) is 2.17. The smallest absolute Gasteiger partial charge is 0.126 e. The van der Waals surface area contributed by atoms with Gasteiger partial charge in [0, 0.05) is 17.1 Å². The highest BCUT2D eigenvalue weighted by atomic mass is 35.5. The van der Waals surface area contributed by atoms with Gasteiger partial charge in [0.1, 0.15) is 5.75 Å². The molecular formula is C12H19ClN2O. The Labute approximate surface area is 102 Å². The zero-order valence-corrected chi connectivity index (χ0v) is 11.0. The van der Waals surface area contributed by atoms with Gasteiger partial charge in [0.05, 0.1) is 13.2 Å². The number of hydrogen-bond acceptors (Lipinski definition) is 3. The predicted octanol–water partition coefficient (Wildman–Crippen LogP) is 2.22. The maximum atomic E-state index is 6.07. The molecule has 0 amide bonds. The van der Waals surface area contributed by atoms with E-state index in [0.717, 1.165) is 16.9 Å². The van der Waals surface area contributed by atoms with Gasteiger partial charge in [-0.15, -0.1) is 0 Å². The van der Waals surface area contributed by atoms with Gasteiger partial charge in [0.15, 0.2) is 0 Å². The first-order valence-corrected chi connectivity index (χ1v) is 5.59. The molecule has 1 aromatic carbocycles. The van der Waals surface area contributed by atoms with E-state index < -0.39 is 0 Å². The van der Waals surface area contributed by atoms with E-state index in [-0.39, 0.29) is 6.04 Å². The Morgan fingerprint density at radius 2 is 2.06 bits per heavy atom. The standard InChI is InChI=1S/C12H19ClN2O/c1-8-5-9(13)6-10(12(8)16-4)11(7-14)15(2)3/h5-6,11H,7,14H2,1-4H3. The van der Waals surface area contributed by atoms with Crippen molar-refractivity contribution in [2.45, 2.75) is 13.0 Å². The number of methoxy groups -OCH3 is 1. The summed E-state index contributed by atoms with van der Waals surface area (Å²) < 4.78 is 5.42. The third kappa shape index (κ3) is 2.67. The van der Waals surface area contributed by atoms with Crippen molar-refractivity contribution < 1.29 is 4.74 Å². The van der Waals surface area contributed by atoms with Crippen LogP contribution in [0.3, 0.4) is 0 Å². The monoisotopic (exact) mass is 242 g/mol. The van der Waals surface area contributed by atoms with Crippen molar-refractivity contribution in [3.05, 3.63) is 28.3 Å². The van der Waals surface area contributed by atoms with Crippen molar-refractivity contribution >= 4 is 11.6 Å². The minimum absolute atomic E-state index is 0.118. The average molecular weight is 243 g/mol. The molecule has 0 aliphatic carbocycles. The second-order valence-corrected chi connectivity index (χ2v) is 4.50. The van der Waals surface area contributed by atoms with Gasteiger partial charge in [-0.05, 0) is 38.7 Å². The van der Waals surface area contributed by atoms with Crippen molar-refractivity contribution in [1.82, 2.24) is 4.90 Å². The van der Waals surface area contributed by atoms with Crippen LogP contribution < -0.4 is 10.5 Å². The topological polar surface area (TPSA) is 38.5 Å². The third-order valence-electron chi connectivity index (χ3n) is 2.68. The molecule has 4 heteroatoms. The van der Waals surface area contributed by atoms with Crippen LogP contribution in [-0.2, 0) is 0 Å². The van der Waals surface area contributed by atoms with Crippen molar-refractivity contribution in [2.75, 3.05) is 27.7 Å². The minimum atomic E-state index is 0.118. The highest BCUT2D eigenvalue weighted by molar-refractivity contribution is 6.30. The van der Waals surface area contributed by atoms with E-state index in [1.54, 1.807) is 7.11 Å². The first kappa shape index (κ1) is 13.3. The van der Waals surface area contributed by atoms with Crippen LogP contribution in [-0.4, -0.2) is 32.6 Å². The summed E-state index contributed by atoms with van der Waals surface area (Å²) in [5, 5.41) is 0.716. The number of nitrogens with two attached hydrogens (primary N) is 1. The predicted molar refractivity (Wildman–Crippen MR) is 68.2 cm³/mol. The molecule has 0 spiro atoms. The van der Waals surface area contributed by atoms with Gasteiger partial charge in [0.2, 0.25) is 0 Å². The Morgan fingerprint density at radius 1 is 1.44 bits per heavy atom. The van der Waals surface area contributed by atoms with Crippen LogP contribution in [0.5, 0.6) is 5.75 Å². The maximum absolute atomic E-state index is 6.07. The van der Waals surface area contributed by atoms with Crippen molar-refractivity contribution in [1.29, 1.82) is 0 Å². The number of halogens is 1. The van der Waals surface area contributed by atoms with Crippen LogP contribution in [0.1, 0.15) is 17.2 Å². The third-order valence-corrected chi connectivity index (χ3v) is 2.90. The van der Waals surface area contributed by atoms with E-state index in [9.17, 15) is 0 Å². The van der Waals surface area contributed by atoms with Crippen molar-refractivity contribution in [2.24, 2.45) is 5.73 Å². The summed E-state index contributed by atoms with van der Waals surface area (Å²) >= 11 is 6.07. The number of aryl methyl sites for hydroxylation is 1. The van der Waals surface area contributed by atoms with Gasteiger partial charge >= 0.3 is 0 Å². The molecule has 0 saturated carbocycles. The van der Waals surface area contributed by atoms with E-state index in [4.69, 9.17) is 22.1 Å². The summed E-state index contributed by atoms with van der Waals surface area (Å²) in [5.41, 5.74) is 7.86. The van der Waals surface area contributed by atoms with Crippen molar-refractivity contribution in [3.63, 3.8) is 0 Å². The Bertz CT molecular complexity index is 366. The lowest BCUT2D eigenvalue weighted by Crippen LogP contribution is -2.27. The van der Waals surface area contributed by atoms with Gasteiger partial charge in [0.25, 0.3) is 0 Å². The molecule has 1 atom stereocenters. The minimum Gasteiger partial charge on any atom is -0.496 e. The second kappa shape index (κ2) is 5.53. The van der Waals surface area contributed by atoms with Gasteiger partial charge < -0.3 is 15.4 Å². The summed E-state index contributed by atoms with van der Waals surface area (Å²) in [5.74, 6) is 0.869. The second-order valence-electron chi connectivity index (χ2n) is 4.06. The van der Waals surface area contributed by atoms with E-state index >= 15 is 0 Å². The molecule has 0 aromatic heterocycles. The molecule has 0 heterocycles. The molecule has 0 bridgehead atoms. The molecule has 0 radical (unpaired) electrons. The highest BCUT2D eigenvalue weighted by Gasteiger charge is 2.18. The lowest BCUT2D eigenvalue weighted by Gasteiger charge is -2.25. The Kier molecular flexibility index (Phi) is 4.59.